The smallest absolute Gasteiger partial charge is 0.214 e. The molecule has 1 saturated heterocycles. The number of sulfonamides is 1. The van der Waals surface area contributed by atoms with Crippen LogP contribution in [-0.2, 0) is 10.0 Å². The Morgan fingerprint density at radius 2 is 2.04 bits per heavy atom. The molecule has 6 nitrogen and oxygen atoms in total. The standard InChI is InChI=1S/C17H28N4O2S2.HI/c1-3-18-17(19-10-12-21-11-7-13-25(21,22)23)20-14-15(2)24-16-8-5-4-6-9-16;/h4-6,8-9,15H,3,7,10-14H2,1-2H3,(H2,18,19,20);1H. The van der Waals surface area contributed by atoms with Gasteiger partial charge in [0.15, 0.2) is 5.96 Å². The van der Waals surface area contributed by atoms with Crippen molar-refractivity contribution in [1.82, 2.24) is 14.9 Å². The van der Waals surface area contributed by atoms with Crippen LogP contribution in [0.5, 0.6) is 0 Å². The fourth-order valence-electron chi connectivity index (χ4n) is 2.57. The predicted molar refractivity (Wildman–Crippen MR) is 121 cm³/mol. The number of rotatable bonds is 8. The van der Waals surface area contributed by atoms with E-state index in [0.717, 1.165) is 18.9 Å². The zero-order chi connectivity index (χ0) is 18.1. The van der Waals surface area contributed by atoms with Crippen molar-refractivity contribution < 1.29 is 8.42 Å². The molecule has 1 aromatic rings. The zero-order valence-corrected chi connectivity index (χ0v) is 19.3. The van der Waals surface area contributed by atoms with Crippen molar-refractivity contribution in [3.63, 3.8) is 0 Å². The van der Waals surface area contributed by atoms with E-state index in [4.69, 9.17) is 0 Å². The summed E-state index contributed by atoms with van der Waals surface area (Å²) in [4.78, 5) is 5.85. The Hall–Kier alpha value is -0.520. The molecule has 9 heteroatoms. The van der Waals surface area contributed by atoms with Crippen LogP contribution >= 0.6 is 35.7 Å². The SMILES string of the molecule is CCNC(=NCC(C)Sc1ccccc1)NCCN1CCCS1(=O)=O.I. The number of nitrogens with one attached hydrogen (secondary N) is 2. The Morgan fingerprint density at radius 1 is 1.31 bits per heavy atom. The van der Waals surface area contributed by atoms with Crippen molar-refractivity contribution in [2.45, 2.75) is 30.4 Å². The van der Waals surface area contributed by atoms with Crippen LogP contribution in [0.4, 0.5) is 0 Å². The number of nitrogens with zero attached hydrogens (tertiary/aromatic N) is 2. The lowest BCUT2D eigenvalue weighted by atomic mass is 10.4. The minimum atomic E-state index is -3.03. The number of hydrogen-bond acceptors (Lipinski definition) is 4. The molecule has 1 aromatic carbocycles. The highest BCUT2D eigenvalue weighted by Gasteiger charge is 2.27. The van der Waals surface area contributed by atoms with E-state index in [1.54, 1.807) is 16.1 Å². The van der Waals surface area contributed by atoms with Gasteiger partial charge in [0.25, 0.3) is 0 Å². The fraction of sp³-hybridized carbons (Fsp3) is 0.588. The highest BCUT2D eigenvalue weighted by molar-refractivity contribution is 14.0. The van der Waals surface area contributed by atoms with E-state index in [2.05, 4.69) is 34.7 Å². The van der Waals surface area contributed by atoms with E-state index in [1.807, 2.05) is 25.1 Å². The second kappa shape index (κ2) is 12.0. The second-order valence-electron chi connectivity index (χ2n) is 5.96. The molecule has 1 heterocycles. The molecule has 0 aliphatic carbocycles. The monoisotopic (exact) mass is 512 g/mol. The molecular formula is C17H29IN4O2S2. The van der Waals surface area contributed by atoms with Gasteiger partial charge >= 0.3 is 0 Å². The van der Waals surface area contributed by atoms with Gasteiger partial charge < -0.3 is 10.6 Å². The van der Waals surface area contributed by atoms with Crippen LogP contribution in [0.3, 0.4) is 0 Å². The van der Waals surface area contributed by atoms with Gasteiger partial charge in [-0.15, -0.1) is 35.7 Å². The molecule has 0 spiro atoms. The maximum absolute atomic E-state index is 11.8. The van der Waals surface area contributed by atoms with E-state index in [0.29, 0.717) is 31.4 Å². The molecule has 2 rings (SSSR count). The van der Waals surface area contributed by atoms with E-state index in [-0.39, 0.29) is 29.7 Å². The summed E-state index contributed by atoms with van der Waals surface area (Å²) in [5.41, 5.74) is 0. The Bertz CT molecular complexity index is 656. The molecule has 1 aliphatic rings. The predicted octanol–water partition coefficient (Wildman–Crippen LogP) is 2.38. The van der Waals surface area contributed by atoms with Crippen LogP contribution in [0.1, 0.15) is 20.3 Å². The van der Waals surface area contributed by atoms with Crippen molar-refractivity contribution in [2.24, 2.45) is 4.99 Å². The van der Waals surface area contributed by atoms with Crippen molar-refractivity contribution in [1.29, 1.82) is 0 Å². The lowest BCUT2D eigenvalue weighted by molar-refractivity contribution is 0.445. The third-order valence-corrected chi connectivity index (χ3v) is 6.84. The number of halogens is 1. The van der Waals surface area contributed by atoms with Crippen LogP contribution in [0.25, 0.3) is 0 Å². The Balaban J connectivity index is 0.00000338. The minimum Gasteiger partial charge on any atom is -0.357 e. The summed E-state index contributed by atoms with van der Waals surface area (Å²) < 4.78 is 25.2. The lowest BCUT2D eigenvalue weighted by Crippen LogP contribution is -2.42. The largest absolute Gasteiger partial charge is 0.357 e. The van der Waals surface area contributed by atoms with Gasteiger partial charge in [0.2, 0.25) is 10.0 Å². The first-order valence-corrected chi connectivity index (χ1v) is 11.2. The van der Waals surface area contributed by atoms with Gasteiger partial charge in [-0.2, -0.15) is 0 Å². The first-order valence-electron chi connectivity index (χ1n) is 8.73. The summed E-state index contributed by atoms with van der Waals surface area (Å²) in [6.07, 6.45) is 0.727. The summed E-state index contributed by atoms with van der Waals surface area (Å²) in [5, 5.41) is 6.80. The molecule has 0 aromatic heterocycles. The van der Waals surface area contributed by atoms with E-state index in [1.165, 1.54) is 4.90 Å². The molecule has 1 unspecified atom stereocenters. The van der Waals surface area contributed by atoms with Crippen LogP contribution in [0.15, 0.2) is 40.2 Å². The summed E-state index contributed by atoms with van der Waals surface area (Å²) in [7, 11) is -3.03. The van der Waals surface area contributed by atoms with Crippen molar-refractivity contribution in [2.75, 3.05) is 38.5 Å². The molecule has 0 radical (unpaired) electrons. The van der Waals surface area contributed by atoms with Crippen LogP contribution in [0.2, 0.25) is 0 Å². The average molecular weight is 512 g/mol. The van der Waals surface area contributed by atoms with Crippen molar-refractivity contribution in [3.05, 3.63) is 30.3 Å². The Kier molecular flexibility index (Phi) is 10.9. The van der Waals surface area contributed by atoms with Gasteiger partial charge in [-0.1, -0.05) is 25.1 Å². The topological polar surface area (TPSA) is 73.8 Å². The van der Waals surface area contributed by atoms with Crippen LogP contribution in [-0.4, -0.2) is 62.4 Å². The third-order valence-electron chi connectivity index (χ3n) is 3.79. The molecule has 0 amide bonds. The Morgan fingerprint density at radius 3 is 2.65 bits per heavy atom. The molecular weight excluding hydrogens is 483 g/mol. The quantitative estimate of drug-likeness (QED) is 0.242. The average Bonchev–Trinajstić information content (AvgIpc) is 2.92. The lowest BCUT2D eigenvalue weighted by Gasteiger charge is -2.17. The van der Waals surface area contributed by atoms with Gasteiger partial charge in [-0.05, 0) is 25.5 Å². The fourth-order valence-corrected chi connectivity index (χ4v) is 5.03. The van der Waals surface area contributed by atoms with Crippen LogP contribution in [0, 0.1) is 0 Å². The minimum absolute atomic E-state index is 0. The van der Waals surface area contributed by atoms with Gasteiger partial charge in [-0.25, -0.2) is 12.7 Å². The zero-order valence-electron chi connectivity index (χ0n) is 15.3. The molecule has 1 fully saturated rings. The van der Waals surface area contributed by atoms with Gasteiger partial charge in [-0.3, -0.25) is 4.99 Å². The second-order valence-corrected chi connectivity index (χ2v) is 9.56. The first kappa shape index (κ1) is 23.5. The van der Waals surface area contributed by atoms with E-state index in [9.17, 15) is 8.42 Å². The summed E-state index contributed by atoms with van der Waals surface area (Å²) in [6.45, 7) is 7.31. The number of aliphatic imine (C=N–C) groups is 1. The van der Waals surface area contributed by atoms with E-state index < -0.39 is 10.0 Å². The van der Waals surface area contributed by atoms with E-state index >= 15 is 0 Å². The maximum atomic E-state index is 11.8. The molecule has 26 heavy (non-hydrogen) atoms. The van der Waals surface area contributed by atoms with Crippen molar-refractivity contribution >= 4 is 51.7 Å². The summed E-state index contributed by atoms with van der Waals surface area (Å²) in [6, 6.07) is 10.3. The number of benzene rings is 1. The summed E-state index contributed by atoms with van der Waals surface area (Å²) in [5.74, 6) is 1.01. The van der Waals surface area contributed by atoms with Crippen LogP contribution < -0.4 is 10.6 Å². The normalized spacial score (nSPS) is 18.2. The molecule has 0 saturated carbocycles. The third kappa shape index (κ3) is 8.01. The number of hydrogen-bond donors (Lipinski definition) is 2. The molecule has 0 bridgehead atoms. The molecule has 1 aliphatic heterocycles. The van der Waals surface area contributed by atoms with Gasteiger partial charge in [0.1, 0.15) is 0 Å². The maximum Gasteiger partial charge on any atom is 0.214 e. The number of thioether (sulfide) groups is 1. The first-order chi connectivity index (χ1) is 12.0. The molecule has 148 valence electrons. The highest BCUT2D eigenvalue weighted by atomic mass is 127. The molecule has 1 atom stereocenters. The van der Waals surface area contributed by atoms with Gasteiger partial charge in [0.05, 0.1) is 12.3 Å². The highest BCUT2D eigenvalue weighted by Crippen LogP contribution is 2.22. The van der Waals surface area contributed by atoms with Crippen molar-refractivity contribution in [3.8, 4) is 0 Å². The molecule has 2 N–H and O–H groups in total. The number of guanidine groups is 1. The summed E-state index contributed by atoms with van der Waals surface area (Å²) >= 11 is 1.80. The Labute approximate surface area is 178 Å². The van der Waals surface area contributed by atoms with Gasteiger partial charge in [0, 0.05) is 36.3 Å².